The summed E-state index contributed by atoms with van der Waals surface area (Å²) in [4.78, 5) is 39.6. The molecule has 27 heavy (non-hydrogen) atoms. The summed E-state index contributed by atoms with van der Waals surface area (Å²) in [6.07, 6.45) is 0.372. The number of carbonyl (C=O) groups is 1. The SMILES string of the molecule is Cc1c(NC(=O)CCc2nc3ccccc3c(=O)n2C)cccc1[N+](=O)[O-]. The van der Waals surface area contributed by atoms with Crippen molar-refractivity contribution in [2.75, 3.05) is 5.32 Å². The van der Waals surface area contributed by atoms with Crippen molar-refractivity contribution in [1.29, 1.82) is 0 Å². The maximum absolute atomic E-state index is 12.4. The Morgan fingerprint density at radius 1 is 1.22 bits per heavy atom. The molecule has 2 aromatic carbocycles. The molecule has 0 spiro atoms. The molecule has 8 nitrogen and oxygen atoms in total. The molecule has 0 aliphatic heterocycles. The first kappa shape index (κ1) is 18.2. The van der Waals surface area contributed by atoms with Gasteiger partial charge in [0.1, 0.15) is 5.82 Å². The van der Waals surface area contributed by atoms with E-state index in [1.807, 2.05) is 0 Å². The normalized spacial score (nSPS) is 10.7. The molecule has 0 bridgehead atoms. The van der Waals surface area contributed by atoms with Gasteiger partial charge in [0.2, 0.25) is 5.91 Å². The lowest BCUT2D eigenvalue weighted by Gasteiger charge is -2.10. The maximum Gasteiger partial charge on any atom is 0.274 e. The van der Waals surface area contributed by atoms with Gasteiger partial charge in [0.15, 0.2) is 0 Å². The summed E-state index contributed by atoms with van der Waals surface area (Å²) in [5.74, 6) is 0.200. The molecule has 1 heterocycles. The molecule has 0 unspecified atom stereocenters. The molecule has 0 radical (unpaired) electrons. The number of rotatable bonds is 5. The van der Waals surface area contributed by atoms with Gasteiger partial charge in [0, 0.05) is 26.0 Å². The van der Waals surface area contributed by atoms with E-state index in [2.05, 4.69) is 10.3 Å². The fourth-order valence-electron chi connectivity index (χ4n) is 2.88. The third-order valence-corrected chi connectivity index (χ3v) is 4.43. The van der Waals surface area contributed by atoms with Crippen LogP contribution in [0.4, 0.5) is 11.4 Å². The lowest BCUT2D eigenvalue weighted by atomic mass is 10.1. The number of nitrogens with one attached hydrogen (secondary N) is 1. The van der Waals surface area contributed by atoms with E-state index in [0.717, 1.165) is 0 Å². The van der Waals surface area contributed by atoms with Gasteiger partial charge in [-0.3, -0.25) is 24.3 Å². The van der Waals surface area contributed by atoms with Crippen molar-refractivity contribution in [3.8, 4) is 0 Å². The summed E-state index contributed by atoms with van der Waals surface area (Å²) >= 11 is 0. The Kier molecular flexibility index (Phi) is 4.98. The Bertz CT molecular complexity index is 1100. The molecule has 1 amide bonds. The number of aryl methyl sites for hydroxylation is 1. The number of nitro groups is 1. The van der Waals surface area contributed by atoms with E-state index in [4.69, 9.17) is 0 Å². The zero-order chi connectivity index (χ0) is 19.6. The molecule has 1 N–H and O–H groups in total. The summed E-state index contributed by atoms with van der Waals surface area (Å²) < 4.78 is 1.44. The summed E-state index contributed by atoms with van der Waals surface area (Å²) in [5, 5.41) is 14.2. The minimum atomic E-state index is -0.486. The summed E-state index contributed by atoms with van der Waals surface area (Å²) in [6.45, 7) is 1.59. The summed E-state index contributed by atoms with van der Waals surface area (Å²) in [5.41, 5.74) is 1.17. The average molecular weight is 366 g/mol. The molecule has 0 saturated carbocycles. The number of nitro benzene ring substituents is 1. The second-order valence-corrected chi connectivity index (χ2v) is 6.16. The van der Waals surface area contributed by atoms with Crippen molar-refractivity contribution in [1.82, 2.24) is 9.55 Å². The van der Waals surface area contributed by atoms with Gasteiger partial charge in [0.25, 0.3) is 11.2 Å². The van der Waals surface area contributed by atoms with Crippen LogP contribution in [-0.4, -0.2) is 20.4 Å². The van der Waals surface area contributed by atoms with Crippen molar-refractivity contribution in [2.45, 2.75) is 19.8 Å². The summed E-state index contributed by atoms with van der Waals surface area (Å²) in [7, 11) is 1.62. The predicted molar refractivity (Wildman–Crippen MR) is 102 cm³/mol. The Morgan fingerprint density at radius 2 is 1.96 bits per heavy atom. The Hall–Kier alpha value is -3.55. The van der Waals surface area contributed by atoms with Gasteiger partial charge in [-0.2, -0.15) is 0 Å². The topological polar surface area (TPSA) is 107 Å². The first-order valence-corrected chi connectivity index (χ1v) is 8.37. The molecule has 3 aromatic rings. The van der Waals surface area contributed by atoms with Crippen LogP contribution >= 0.6 is 0 Å². The third kappa shape index (κ3) is 3.69. The lowest BCUT2D eigenvalue weighted by molar-refractivity contribution is -0.385. The number of hydrogen-bond donors (Lipinski definition) is 1. The highest BCUT2D eigenvalue weighted by atomic mass is 16.6. The monoisotopic (exact) mass is 366 g/mol. The van der Waals surface area contributed by atoms with E-state index < -0.39 is 4.92 Å². The first-order valence-electron chi connectivity index (χ1n) is 8.37. The molecule has 8 heteroatoms. The van der Waals surface area contributed by atoms with E-state index in [0.29, 0.717) is 28.0 Å². The number of amides is 1. The van der Waals surface area contributed by atoms with E-state index in [1.54, 1.807) is 44.3 Å². The molecular formula is C19H18N4O4. The van der Waals surface area contributed by atoms with Gasteiger partial charge in [-0.1, -0.05) is 18.2 Å². The van der Waals surface area contributed by atoms with Gasteiger partial charge < -0.3 is 5.32 Å². The second-order valence-electron chi connectivity index (χ2n) is 6.16. The van der Waals surface area contributed by atoms with E-state index in [-0.39, 0.29) is 30.0 Å². The van der Waals surface area contributed by atoms with Crippen molar-refractivity contribution in [3.63, 3.8) is 0 Å². The zero-order valence-electron chi connectivity index (χ0n) is 14.9. The van der Waals surface area contributed by atoms with Crippen LogP contribution in [0.2, 0.25) is 0 Å². The van der Waals surface area contributed by atoms with E-state index in [9.17, 15) is 19.7 Å². The van der Waals surface area contributed by atoms with Crippen molar-refractivity contribution >= 4 is 28.2 Å². The van der Waals surface area contributed by atoms with Crippen LogP contribution < -0.4 is 10.9 Å². The van der Waals surface area contributed by atoms with Crippen LogP contribution in [0.15, 0.2) is 47.3 Å². The first-order chi connectivity index (χ1) is 12.9. The van der Waals surface area contributed by atoms with Gasteiger partial charge in [-0.15, -0.1) is 0 Å². The summed E-state index contributed by atoms with van der Waals surface area (Å²) in [6, 6.07) is 11.6. The smallest absolute Gasteiger partial charge is 0.274 e. The van der Waals surface area contributed by atoms with Crippen LogP contribution in [0.25, 0.3) is 10.9 Å². The lowest BCUT2D eigenvalue weighted by Crippen LogP contribution is -2.23. The van der Waals surface area contributed by atoms with Crippen LogP contribution in [0.1, 0.15) is 17.8 Å². The molecule has 0 aliphatic rings. The molecule has 0 aliphatic carbocycles. The number of benzene rings is 2. The number of hydrogen-bond acceptors (Lipinski definition) is 5. The highest BCUT2D eigenvalue weighted by Gasteiger charge is 2.15. The van der Waals surface area contributed by atoms with Gasteiger partial charge in [0.05, 0.1) is 27.1 Å². The van der Waals surface area contributed by atoms with Gasteiger partial charge >= 0.3 is 0 Å². The minimum Gasteiger partial charge on any atom is -0.326 e. The van der Waals surface area contributed by atoms with Crippen LogP contribution in [0.3, 0.4) is 0 Å². The third-order valence-electron chi connectivity index (χ3n) is 4.43. The molecular weight excluding hydrogens is 348 g/mol. The molecule has 0 fully saturated rings. The van der Waals surface area contributed by atoms with Crippen LogP contribution in [-0.2, 0) is 18.3 Å². The Labute approximate surface area is 154 Å². The fraction of sp³-hybridized carbons (Fsp3) is 0.211. The fourth-order valence-corrected chi connectivity index (χ4v) is 2.88. The van der Waals surface area contributed by atoms with Crippen LogP contribution in [0.5, 0.6) is 0 Å². The molecule has 3 rings (SSSR count). The number of carbonyl (C=O) groups excluding carboxylic acids is 1. The molecule has 0 saturated heterocycles. The minimum absolute atomic E-state index is 0.0496. The molecule has 0 atom stereocenters. The second kappa shape index (κ2) is 7.36. The standard InChI is InChI=1S/C19H18N4O4/c1-12-14(8-5-9-16(12)23(26)27)21-18(24)11-10-17-20-15-7-4-3-6-13(15)19(25)22(17)2/h3-9H,10-11H2,1-2H3,(H,21,24). The van der Waals surface area contributed by atoms with E-state index in [1.165, 1.54) is 16.7 Å². The molecule has 138 valence electrons. The zero-order valence-corrected chi connectivity index (χ0v) is 14.9. The molecule has 1 aromatic heterocycles. The average Bonchev–Trinajstić information content (AvgIpc) is 2.65. The number of anilines is 1. The Morgan fingerprint density at radius 3 is 2.70 bits per heavy atom. The number of nitrogens with zero attached hydrogens (tertiary/aromatic N) is 3. The van der Waals surface area contributed by atoms with E-state index >= 15 is 0 Å². The van der Waals surface area contributed by atoms with Gasteiger partial charge in [-0.25, -0.2) is 4.98 Å². The highest BCUT2D eigenvalue weighted by Crippen LogP contribution is 2.25. The number of fused-ring (bicyclic) bond motifs is 1. The maximum atomic E-state index is 12.4. The predicted octanol–water partition coefficient (Wildman–Crippen LogP) is 2.72. The van der Waals surface area contributed by atoms with Crippen molar-refractivity contribution in [3.05, 3.63) is 74.3 Å². The van der Waals surface area contributed by atoms with Crippen molar-refractivity contribution in [2.24, 2.45) is 7.05 Å². The quantitative estimate of drug-likeness (QED) is 0.552. The van der Waals surface area contributed by atoms with Crippen molar-refractivity contribution < 1.29 is 9.72 Å². The van der Waals surface area contributed by atoms with Crippen LogP contribution in [0, 0.1) is 17.0 Å². The number of para-hydroxylation sites is 1. The largest absolute Gasteiger partial charge is 0.326 e. The Balaban J connectivity index is 1.76. The van der Waals surface area contributed by atoms with Gasteiger partial charge in [-0.05, 0) is 25.1 Å². The number of aromatic nitrogens is 2. The highest BCUT2D eigenvalue weighted by molar-refractivity contribution is 5.92.